The Hall–Kier alpha value is -4.47. The van der Waals surface area contributed by atoms with E-state index < -0.39 is 23.5 Å². The molecule has 4 heterocycles. The number of aromatic nitrogens is 3. The van der Waals surface area contributed by atoms with Crippen LogP contribution in [0, 0.1) is 24.5 Å². The summed E-state index contributed by atoms with van der Waals surface area (Å²) in [6.07, 6.45) is 3.92. The maximum atomic E-state index is 14.8. The number of hydrogen-bond donors (Lipinski definition) is 3. The van der Waals surface area contributed by atoms with Crippen molar-refractivity contribution in [2.45, 2.75) is 19.8 Å². The van der Waals surface area contributed by atoms with E-state index in [0.717, 1.165) is 5.56 Å². The Kier molecular flexibility index (Phi) is 6.24. The number of halogens is 3. The first kappa shape index (κ1) is 23.3. The highest BCUT2D eigenvalue weighted by Gasteiger charge is 2.16. The molecule has 0 unspecified atom stereocenters. The number of amides is 1. The van der Waals surface area contributed by atoms with Crippen LogP contribution < -0.4 is 16.0 Å². The number of carbonyl (C=O) groups excluding carboxylic acids is 1. The number of nitrogens with one attached hydrogen (secondary N) is 3. The standard InChI is InChI=1S/C26H21F3N6O/c1-14-12-32-26-34-22-11-17(13-31-23(22)29)16-5-6-18(20(28)10-16)25(36)30-8-2-3-15-4-7-19(27)21(9-15)33-24(14)35-26/h4-7,9-13H,2-3,8H2,1H3,(H,30,36)(H2,32,33,34,35). The topological polar surface area (TPSA) is 91.8 Å². The van der Waals surface area contributed by atoms with Gasteiger partial charge in [0, 0.05) is 30.1 Å². The van der Waals surface area contributed by atoms with Crippen molar-refractivity contribution in [1.29, 1.82) is 0 Å². The number of benzene rings is 2. The summed E-state index contributed by atoms with van der Waals surface area (Å²) in [5.74, 6) is -2.13. The van der Waals surface area contributed by atoms with Crippen LogP contribution in [-0.4, -0.2) is 27.4 Å². The Labute approximate surface area is 204 Å². The van der Waals surface area contributed by atoms with Gasteiger partial charge in [-0.15, -0.1) is 0 Å². The fourth-order valence-electron chi connectivity index (χ4n) is 3.86. The molecule has 2 aromatic carbocycles. The molecule has 2 aliphatic rings. The average molecular weight is 490 g/mol. The van der Waals surface area contributed by atoms with Crippen molar-refractivity contribution in [2.75, 3.05) is 17.2 Å². The van der Waals surface area contributed by atoms with Crippen molar-refractivity contribution < 1.29 is 18.0 Å². The quantitative estimate of drug-likeness (QED) is 0.285. The van der Waals surface area contributed by atoms with Gasteiger partial charge in [0.25, 0.3) is 5.91 Å². The molecule has 182 valence electrons. The normalized spacial score (nSPS) is 13.4. The largest absolute Gasteiger partial charge is 0.352 e. The first-order chi connectivity index (χ1) is 17.4. The maximum absolute atomic E-state index is 14.8. The van der Waals surface area contributed by atoms with Gasteiger partial charge in [0.2, 0.25) is 11.9 Å². The summed E-state index contributed by atoms with van der Waals surface area (Å²) in [4.78, 5) is 24.8. The zero-order valence-corrected chi connectivity index (χ0v) is 19.2. The van der Waals surface area contributed by atoms with Crippen LogP contribution in [0.4, 0.5) is 36.3 Å². The van der Waals surface area contributed by atoms with Crippen molar-refractivity contribution in [3.8, 4) is 11.1 Å². The lowest BCUT2D eigenvalue weighted by atomic mass is 10.0. The van der Waals surface area contributed by atoms with Crippen LogP contribution in [0.1, 0.15) is 27.9 Å². The van der Waals surface area contributed by atoms with Gasteiger partial charge >= 0.3 is 0 Å². The maximum Gasteiger partial charge on any atom is 0.254 e. The van der Waals surface area contributed by atoms with Gasteiger partial charge in [-0.2, -0.15) is 9.37 Å². The number of anilines is 4. The molecule has 0 saturated heterocycles. The predicted molar refractivity (Wildman–Crippen MR) is 130 cm³/mol. The first-order valence-corrected chi connectivity index (χ1v) is 11.3. The van der Waals surface area contributed by atoms with E-state index in [4.69, 9.17) is 0 Å². The van der Waals surface area contributed by atoms with E-state index in [1.165, 1.54) is 36.7 Å². The second kappa shape index (κ2) is 9.65. The zero-order chi connectivity index (χ0) is 25.2. The lowest BCUT2D eigenvalue weighted by Gasteiger charge is -2.14. The van der Waals surface area contributed by atoms with Crippen molar-refractivity contribution in [3.63, 3.8) is 0 Å². The van der Waals surface area contributed by atoms with E-state index in [-0.39, 0.29) is 22.9 Å². The molecule has 7 nitrogen and oxygen atoms in total. The molecule has 3 N–H and O–H groups in total. The predicted octanol–water partition coefficient (Wildman–Crippen LogP) is 5.43. The highest BCUT2D eigenvalue weighted by atomic mass is 19.1. The molecule has 2 aliphatic heterocycles. The number of aryl methyl sites for hydroxylation is 2. The number of fused-ring (bicyclic) bond motifs is 6. The van der Waals surface area contributed by atoms with Gasteiger partial charge in [-0.25, -0.2) is 18.7 Å². The van der Waals surface area contributed by atoms with Crippen LogP contribution in [0.25, 0.3) is 11.1 Å². The van der Waals surface area contributed by atoms with E-state index in [9.17, 15) is 18.0 Å². The lowest BCUT2D eigenvalue weighted by molar-refractivity contribution is 0.0949. The lowest BCUT2D eigenvalue weighted by Crippen LogP contribution is -2.25. The van der Waals surface area contributed by atoms with Gasteiger partial charge in [-0.3, -0.25) is 4.79 Å². The van der Waals surface area contributed by atoms with Crippen molar-refractivity contribution >= 4 is 29.0 Å². The van der Waals surface area contributed by atoms with Crippen LogP contribution in [0.2, 0.25) is 0 Å². The van der Waals surface area contributed by atoms with Gasteiger partial charge in [-0.05, 0) is 61.2 Å². The van der Waals surface area contributed by atoms with Crippen LogP contribution in [0.3, 0.4) is 0 Å². The van der Waals surface area contributed by atoms with Gasteiger partial charge in [0.05, 0.1) is 16.9 Å². The molecule has 0 saturated carbocycles. The average Bonchev–Trinajstić information content (AvgIpc) is 2.86. The van der Waals surface area contributed by atoms with Gasteiger partial charge in [0.15, 0.2) is 0 Å². The summed E-state index contributed by atoms with van der Waals surface area (Å²) in [7, 11) is 0. The molecule has 8 bridgehead atoms. The fraction of sp³-hybridized carbons (Fsp3) is 0.154. The number of rotatable bonds is 0. The molecule has 1 amide bonds. The minimum Gasteiger partial charge on any atom is -0.352 e. The molecule has 0 atom stereocenters. The summed E-state index contributed by atoms with van der Waals surface area (Å²) in [5.41, 5.74) is 2.41. The highest BCUT2D eigenvalue weighted by Crippen LogP contribution is 2.28. The van der Waals surface area contributed by atoms with Crippen molar-refractivity contribution in [3.05, 3.63) is 89.1 Å². The first-order valence-electron chi connectivity index (χ1n) is 11.3. The van der Waals surface area contributed by atoms with E-state index >= 15 is 0 Å². The van der Waals surface area contributed by atoms with Crippen LogP contribution in [0.5, 0.6) is 0 Å². The molecule has 6 rings (SSSR count). The molecule has 2 aromatic heterocycles. The van der Waals surface area contributed by atoms with Crippen LogP contribution in [0.15, 0.2) is 54.9 Å². The molecule has 10 heteroatoms. The minimum atomic E-state index is -0.810. The monoisotopic (exact) mass is 490 g/mol. The Balaban J connectivity index is 1.58. The summed E-state index contributed by atoms with van der Waals surface area (Å²) in [5, 5.41) is 8.48. The summed E-state index contributed by atoms with van der Waals surface area (Å²) in [6, 6.07) is 10.3. The Morgan fingerprint density at radius 2 is 1.72 bits per heavy atom. The van der Waals surface area contributed by atoms with Gasteiger partial charge in [0.1, 0.15) is 17.5 Å². The molecule has 0 radical (unpaired) electrons. The third-order valence-electron chi connectivity index (χ3n) is 5.82. The molecule has 0 aliphatic carbocycles. The number of nitrogens with zero attached hydrogens (tertiary/aromatic N) is 3. The summed E-state index contributed by atoms with van der Waals surface area (Å²) in [6.45, 7) is 2.07. The minimum absolute atomic E-state index is 0.0351. The van der Waals surface area contributed by atoms with E-state index in [1.54, 1.807) is 25.1 Å². The molecule has 0 spiro atoms. The van der Waals surface area contributed by atoms with Crippen molar-refractivity contribution in [1.82, 2.24) is 20.3 Å². The van der Waals surface area contributed by atoms with Crippen molar-refractivity contribution in [2.24, 2.45) is 0 Å². The van der Waals surface area contributed by atoms with Crippen LogP contribution in [-0.2, 0) is 6.42 Å². The Morgan fingerprint density at radius 3 is 2.56 bits per heavy atom. The number of carbonyl (C=O) groups is 1. The van der Waals surface area contributed by atoms with Gasteiger partial charge < -0.3 is 16.0 Å². The Bertz CT molecular complexity index is 1480. The van der Waals surface area contributed by atoms with E-state index in [0.29, 0.717) is 41.9 Å². The van der Waals surface area contributed by atoms with Crippen LogP contribution >= 0.6 is 0 Å². The third-order valence-corrected chi connectivity index (χ3v) is 5.82. The third kappa shape index (κ3) is 4.83. The highest BCUT2D eigenvalue weighted by molar-refractivity contribution is 5.95. The summed E-state index contributed by atoms with van der Waals surface area (Å²) >= 11 is 0. The number of hydrogen-bond acceptors (Lipinski definition) is 6. The smallest absolute Gasteiger partial charge is 0.254 e. The zero-order valence-electron chi connectivity index (χ0n) is 19.2. The van der Waals surface area contributed by atoms with E-state index in [1.807, 2.05) is 0 Å². The van der Waals surface area contributed by atoms with Gasteiger partial charge in [-0.1, -0.05) is 12.1 Å². The van der Waals surface area contributed by atoms with E-state index in [2.05, 4.69) is 30.9 Å². The second-order valence-electron chi connectivity index (χ2n) is 8.41. The molecule has 36 heavy (non-hydrogen) atoms. The SMILES string of the molecule is Cc1cnc2nc1Nc1cc(ccc1F)CCCNC(=O)c1ccc(cc1F)-c1cnc(F)c(c1)N2. The Morgan fingerprint density at radius 1 is 0.861 bits per heavy atom. The number of pyridine rings is 1. The fourth-order valence-corrected chi connectivity index (χ4v) is 3.86. The molecular formula is C26H21F3N6O. The molecular weight excluding hydrogens is 469 g/mol. The summed E-state index contributed by atoms with van der Waals surface area (Å²) < 4.78 is 43.8. The molecule has 4 aromatic rings. The second-order valence-corrected chi connectivity index (χ2v) is 8.41. The molecule has 0 fully saturated rings.